The number of sulfone groups is 1. The van der Waals surface area contributed by atoms with Crippen LogP contribution in [0.4, 0.5) is 4.39 Å². The van der Waals surface area contributed by atoms with Crippen LogP contribution < -0.4 is 10.5 Å². The standard InChI is InChI=1S/C10H12ClFN2O5S2/c1-20(16,17)3-2-14-10(15)6-4-9(21(13,18)19)8(12)5-7(6)11/h4-5H,2-3H2,1H3,(H,14,15)(H2,13,18,19). The second kappa shape index (κ2) is 6.26. The van der Waals surface area contributed by atoms with Crippen LogP contribution in [0.3, 0.4) is 0 Å². The van der Waals surface area contributed by atoms with Gasteiger partial charge in [0.05, 0.1) is 16.3 Å². The molecule has 0 radical (unpaired) electrons. The fraction of sp³-hybridized carbons (Fsp3) is 0.300. The summed E-state index contributed by atoms with van der Waals surface area (Å²) in [6.45, 7) is -0.198. The Bertz CT molecular complexity index is 777. The average Bonchev–Trinajstić information content (AvgIpc) is 2.24. The van der Waals surface area contributed by atoms with E-state index in [0.29, 0.717) is 12.1 Å². The van der Waals surface area contributed by atoms with Crippen molar-refractivity contribution in [3.63, 3.8) is 0 Å². The van der Waals surface area contributed by atoms with E-state index < -0.39 is 36.5 Å². The smallest absolute Gasteiger partial charge is 0.252 e. The molecule has 0 fully saturated rings. The van der Waals surface area contributed by atoms with Crippen molar-refractivity contribution in [1.29, 1.82) is 0 Å². The van der Waals surface area contributed by atoms with Gasteiger partial charge in [-0.15, -0.1) is 0 Å². The zero-order valence-electron chi connectivity index (χ0n) is 10.8. The number of halogens is 2. The maximum Gasteiger partial charge on any atom is 0.252 e. The van der Waals surface area contributed by atoms with Crippen molar-refractivity contribution in [3.05, 3.63) is 28.5 Å². The lowest BCUT2D eigenvalue weighted by Gasteiger charge is -2.08. The highest BCUT2D eigenvalue weighted by molar-refractivity contribution is 7.90. The van der Waals surface area contributed by atoms with Gasteiger partial charge in [0.1, 0.15) is 20.5 Å². The molecule has 11 heteroatoms. The van der Waals surface area contributed by atoms with E-state index >= 15 is 0 Å². The fourth-order valence-electron chi connectivity index (χ4n) is 1.37. The van der Waals surface area contributed by atoms with E-state index in [1.54, 1.807) is 0 Å². The normalized spacial score (nSPS) is 12.2. The molecular formula is C10H12ClFN2O5S2. The summed E-state index contributed by atoms with van der Waals surface area (Å²) in [6.07, 6.45) is 0.989. The van der Waals surface area contributed by atoms with E-state index in [4.69, 9.17) is 16.7 Å². The Morgan fingerprint density at radius 1 is 1.33 bits per heavy atom. The third-order valence-electron chi connectivity index (χ3n) is 2.33. The number of sulfonamides is 1. The topological polar surface area (TPSA) is 123 Å². The van der Waals surface area contributed by atoms with Crippen LogP contribution >= 0.6 is 11.6 Å². The Morgan fingerprint density at radius 3 is 2.38 bits per heavy atom. The molecule has 0 saturated carbocycles. The molecule has 7 nitrogen and oxygen atoms in total. The molecule has 0 saturated heterocycles. The van der Waals surface area contributed by atoms with E-state index in [0.717, 1.165) is 6.26 Å². The van der Waals surface area contributed by atoms with Crippen molar-refractivity contribution in [2.24, 2.45) is 5.14 Å². The summed E-state index contributed by atoms with van der Waals surface area (Å²) >= 11 is 5.66. The predicted octanol–water partition coefficient (Wildman–Crippen LogP) is -0.0991. The van der Waals surface area contributed by atoms with E-state index in [2.05, 4.69) is 5.32 Å². The van der Waals surface area contributed by atoms with Gasteiger partial charge in [-0.2, -0.15) is 0 Å². The molecule has 1 aromatic carbocycles. The molecule has 0 unspecified atom stereocenters. The summed E-state index contributed by atoms with van der Waals surface area (Å²) in [6, 6.07) is 1.34. The van der Waals surface area contributed by atoms with Crippen molar-refractivity contribution >= 4 is 37.4 Å². The van der Waals surface area contributed by atoms with Crippen LogP contribution in [-0.2, 0) is 19.9 Å². The van der Waals surface area contributed by atoms with Gasteiger partial charge in [0, 0.05) is 12.8 Å². The number of amides is 1. The number of rotatable bonds is 5. The van der Waals surface area contributed by atoms with Gasteiger partial charge >= 0.3 is 0 Å². The Hall–Kier alpha value is -1.23. The zero-order valence-corrected chi connectivity index (χ0v) is 13.1. The SMILES string of the molecule is CS(=O)(=O)CCNC(=O)c1cc(S(N)(=O)=O)c(F)cc1Cl. The first-order chi connectivity index (χ1) is 9.42. The first-order valence-corrected chi connectivity index (χ1v) is 9.38. The molecule has 118 valence electrons. The lowest BCUT2D eigenvalue weighted by atomic mass is 10.2. The summed E-state index contributed by atoms with van der Waals surface area (Å²) < 4.78 is 57.6. The molecule has 0 aromatic heterocycles. The number of carbonyl (C=O) groups is 1. The number of nitrogens with one attached hydrogen (secondary N) is 1. The molecule has 0 spiro atoms. The second-order valence-electron chi connectivity index (χ2n) is 4.19. The van der Waals surface area contributed by atoms with Gasteiger partial charge < -0.3 is 5.32 Å². The number of hydrogen-bond acceptors (Lipinski definition) is 5. The largest absolute Gasteiger partial charge is 0.351 e. The molecule has 0 bridgehead atoms. The summed E-state index contributed by atoms with van der Waals surface area (Å²) in [5.41, 5.74) is -0.324. The first-order valence-electron chi connectivity index (χ1n) is 5.39. The Kier molecular flexibility index (Phi) is 5.31. The zero-order chi connectivity index (χ0) is 16.4. The van der Waals surface area contributed by atoms with Crippen molar-refractivity contribution in [2.45, 2.75) is 4.90 Å². The van der Waals surface area contributed by atoms with Crippen LogP contribution in [0, 0.1) is 5.82 Å². The van der Waals surface area contributed by atoms with Crippen molar-refractivity contribution in [2.75, 3.05) is 18.6 Å². The predicted molar refractivity (Wildman–Crippen MR) is 74.8 cm³/mol. The summed E-state index contributed by atoms with van der Waals surface area (Å²) in [4.78, 5) is 10.9. The number of primary sulfonamides is 1. The fourth-order valence-corrected chi connectivity index (χ4v) is 2.69. The van der Waals surface area contributed by atoms with Gasteiger partial charge in [-0.3, -0.25) is 4.79 Å². The van der Waals surface area contributed by atoms with Crippen LogP contribution in [-0.4, -0.2) is 41.3 Å². The first kappa shape index (κ1) is 17.8. The number of hydrogen-bond donors (Lipinski definition) is 2. The highest BCUT2D eigenvalue weighted by Crippen LogP contribution is 2.23. The number of carbonyl (C=O) groups excluding carboxylic acids is 1. The minimum Gasteiger partial charge on any atom is -0.351 e. The molecule has 0 aliphatic heterocycles. The molecule has 0 aliphatic carbocycles. The van der Waals surface area contributed by atoms with E-state index in [-0.39, 0.29) is 22.9 Å². The van der Waals surface area contributed by atoms with E-state index in [1.165, 1.54) is 0 Å². The lowest BCUT2D eigenvalue weighted by Crippen LogP contribution is -2.29. The van der Waals surface area contributed by atoms with Crippen LogP contribution in [0.1, 0.15) is 10.4 Å². The second-order valence-corrected chi connectivity index (χ2v) is 8.39. The van der Waals surface area contributed by atoms with Crippen molar-refractivity contribution in [1.82, 2.24) is 5.32 Å². The summed E-state index contributed by atoms with van der Waals surface area (Å²) in [5, 5.41) is 6.72. The highest BCUT2D eigenvalue weighted by Gasteiger charge is 2.20. The third-order valence-corrected chi connectivity index (χ3v) is 4.52. The maximum atomic E-state index is 13.4. The minimum absolute atomic E-state index is 0.198. The van der Waals surface area contributed by atoms with Crippen LogP contribution in [0.5, 0.6) is 0 Å². The quantitative estimate of drug-likeness (QED) is 0.760. The average molecular weight is 359 g/mol. The van der Waals surface area contributed by atoms with Gasteiger partial charge in [-0.25, -0.2) is 26.4 Å². The molecule has 0 heterocycles. The van der Waals surface area contributed by atoms with Gasteiger partial charge in [-0.1, -0.05) is 11.6 Å². The van der Waals surface area contributed by atoms with Gasteiger partial charge in [0.25, 0.3) is 5.91 Å². The molecule has 1 amide bonds. The van der Waals surface area contributed by atoms with Crippen molar-refractivity contribution in [3.8, 4) is 0 Å². The highest BCUT2D eigenvalue weighted by atomic mass is 35.5. The summed E-state index contributed by atoms with van der Waals surface area (Å²) in [7, 11) is -7.63. The molecule has 0 atom stereocenters. The lowest BCUT2D eigenvalue weighted by molar-refractivity contribution is 0.0956. The van der Waals surface area contributed by atoms with Gasteiger partial charge in [0.2, 0.25) is 10.0 Å². The van der Waals surface area contributed by atoms with E-state index in [9.17, 15) is 26.0 Å². The Balaban J connectivity index is 3.05. The molecule has 3 N–H and O–H groups in total. The van der Waals surface area contributed by atoms with Gasteiger partial charge in [-0.05, 0) is 12.1 Å². The monoisotopic (exact) mass is 358 g/mol. The Labute approximate surface area is 126 Å². The number of nitrogens with two attached hydrogens (primary N) is 1. The van der Waals surface area contributed by atoms with Crippen LogP contribution in [0.2, 0.25) is 5.02 Å². The molecular weight excluding hydrogens is 347 g/mol. The van der Waals surface area contributed by atoms with E-state index in [1.807, 2.05) is 0 Å². The minimum atomic E-state index is -4.36. The number of benzene rings is 1. The van der Waals surface area contributed by atoms with Gasteiger partial charge in [0.15, 0.2) is 0 Å². The Morgan fingerprint density at radius 2 is 1.90 bits per heavy atom. The maximum absolute atomic E-state index is 13.4. The molecule has 21 heavy (non-hydrogen) atoms. The third kappa shape index (κ3) is 5.23. The van der Waals surface area contributed by atoms with Crippen molar-refractivity contribution < 1.29 is 26.0 Å². The molecule has 1 rings (SSSR count). The summed E-state index contributed by atoms with van der Waals surface area (Å²) in [5.74, 6) is -2.33. The molecule has 1 aromatic rings. The van der Waals surface area contributed by atoms with Crippen LogP contribution in [0.25, 0.3) is 0 Å². The van der Waals surface area contributed by atoms with Crippen LogP contribution in [0.15, 0.2) is 17.0 Å². The molecule has 0 aliphatic rings.